The summed E-state index contributed by atoms with van der Waals surface area (Å²) in [4.78, 5) is 33.3. The van der Waals surface area contributed by atoms with Crippen LogP contribution in [-0.2, 0) is 17.4 Å². The molecule has 2 aliphatic rings. The molecule has 4 heterocycles. The quantitative estimate of drug-likeness (QED) is 0.275. The zero-order valence-corrected chi connectivity index (χ0v) is 22.6. The van der Waals surface area contributed by atoms with E-state index in [2.05, 4.69) is 10.1 Å². The van der Waals surface area contributed by atoms with Crippen molar-refractivity contribution in [2.75, 3.05) is 18.0 Å². The van der Waals surface area contributed by atoms with Gasteiger partial charge >= 0.3 is 6.18 Å². The van der Waals surface area contributed by atoms with Crippen LogP contribution in [-0.4, -0.2) is 50.6 Å². The zero-order valence-electron chi connectivity index (χ0n) is 22.6. The molecule has 2 aromatic heterocycles. The Morgan fingerprint density at radius 1 is 0.977 bits per heavy atom. The number of rotatable bonds is 4. The molecule has 0 spiro atoms. The summed E-state index contributed by atoms with van der Waals surface area (Å²) in [5, 5.41) is 4.18. The summed E-state index contributed by atoms with van der Waals surface area (Å²) in [6, 6.07) is 8.67. The van der Waals surface area contributed by atoms with Gasteiger partial charge in [0.15, 0.2) is 17.3 Å². The SMILES string of the molecule is Cc1ccc2c(c1F)N(C1CCN(C(=O)c3cc(-c4cccnc4)n(-c4ccc(C(F)(F)F)c(F)c4F)n3)CC1)C(=O)C2. The average molecular weight is 600 g/mol. The van der Waals surface area contributed by atoms with E-state index in [9.17, 15) is 31.5 Å². The van der Waals surface area contributed by atoms with Crippen LogP contribution < -0.4 is 4.90 Å². The number of likely N-dealkylation sites (tertiary alicyclic amines) is 1. The van der Waals surface area contributed by atoms with Crippen LogP contribution in [0.15, 0.2) is 54.9 Å². The smallest absolute Gasteiger partial charge is 0.337 e. The van der Waals surface area contributed by atoms with Gasteiger partial charge in [0.2, 0.25) is 5.91 Å². The Hall–Kier alpha value is -4.68. The van der Waals surface area contributed by atoms with Gasteiger partial charge in [-0.15, -0.1) is 0 Å². The molecule has 2 aliphatic heterocycles. The summed E-state index contributed by atoms with van der Waals surface area (Å²) < 4.78 is 84.8. The number of anilines is 1. The molecule has 0 unspecified atom stereocenters. The van der Waals surface area contributed by atoms with Gasteiger partial charge < -0.3 is 9.80 Å². The molecule has 0 atom stereocenters. The Morgan fingerprint density at radius 2 is 1.72 bits per heavy atom. The minimum atomic E-state index is -5.11. The highest BCUT2D eigenvalue weighted by Gasteiger charge is 2.39. The van der Waals surface area contributed by atoms with Crippen molar-refractivity contribution in [1.82, 2.24) is 19.7 Å². The fraction of sp³-hybridized carbons (Fsp3) is 0.267. The lowest BCUT2D eigenvalue weighted by molar-refractivity contribution is -0.140. The Kier molecular flexibility index (Phi) is 6.98. The molecule has 13 heteroatoms. The predicted molar refractivity (Wildman–Crippen MR) is 143 cm³/mol. The first kappa shape index (κ1) is 28.4. The standard InChI is InChI=1S/C30H23F6N5O2/c1-16-4-5-17-13-24(42)40(28(17)25(16)31)19-8-11-39(12-9-19)29(43)21-14-23(18-3-2-10-37-15-18)41(38-21)22-7-6-20(30(34,35)36)26(32)27(22)33/h2-7,10,14-15,19H,8-9,11-13H2,1H3. The summed E-state index contributed by atoms with van der Waals surface area (Å²) in [7, 11) is 0. The van der Waals surface area contributed by atoms with Crippen LogP contribution in [0.5, 0.6) is 0 Å². The first-order valence-corrected chi connectivity index (χ1v) is 13.4. The number of carbonyl (C=O) groups excluding carboxylic acids is 2. The Bertz CT molecular complexity index is 1750. The monoisotopic (exact) mass is 599 g/mol. The van der Waals surface area contributed by atoms with Crippen LogP contribution in [0.4, 0.5) is 32.0 Å². The van der Waals surface area contributed by atoms with E-state index in [4.69, 9.17) is 0 Å². The number of aromatic nitrogens is 3. The van der Waals surface area contributed by atoms with Gasteiger partial charge in [0.1, 0.15) is 11.5 Å². The van der Waals surface area contributed by atoms with Gasteiger partial charge in [-0.1, -0.05) is 12.1 Å². The van der Waals surface area contributed by atoms with E-state index in [1.165, 1.54) is 28.3 Å². The summed E-state index contributed by atoms with van der Waals surface area (Å²) in [6.07, 6.45) is -1.44. The molecule has 2 aromatic carbocycles. The normalized spacial score (nSPS) is 15.7. The van der Waals surface area contributed by atoms with Crippen LogP contribution >= 0.6 is 0 Å². The Morgan fingerprint density at radius 3 is 2.40 bits per heavy atom. The summed E-state index contributed by atoms with van der Waals surface area (Å²) in [5.41, 5.74) is -0.752. The first-order chi connectivity index (χ1) is 20.5. The lowest BCUT2D eigenvalue weighted by Gasteiger charge is -2.37. The molecule has 222 valence electrons. The molecule has 0 aliphatic carbocycles. The van der Waals surface area contributed by atoms with Crippen molar-refractivity contribution in [3.05, 3.63) is 94.7 Å². The average Bonchev–Trinajstić information content (AvgIpc) is 3.57. The summed E-state index contributed by atoms with van der Waals surface area (Å²) in [5.74, 6) is -5.07. The van der Waals surface area contributed by atoms with Gasteiger partial charge in [-0.3, -0.25) is 14.6 Å². The number of alkyl halides is 3. The van der Waals surface area contributed by atoms with Crippen molar-refractivity contribution in [1.29, 1.82) is 0 Å². The van der Waals surface area contributed by atoms with Gasteiger partial charge in [0.25, 0.3) is 5.91 Å². The maximum atomic E-state index is 15.0. The van der Waals surface area contributed by atoms with E-state index >= 15 is 4.39 Å². The lowest BCUT2D eigenvalue weighted by atomic mass is 10.0. The number of piperidine rings is 1. The maximum Gasteiger partial charge on any atom is 0.419 e. The van der Waals surface area contributed by atoms with E-state index in [0.29, 0.717) is 35.6 Å². The topological polar surface area (TPSA) is 71.3 Å². The van der Waals surface area contributed by atoms with E-state index in [-0.39, 0.29) is 48.5 Å². The number of benzene rings is 2. The van der Waals surface area contributed by atoms with Crippen LogP contribution in [0, 0.1) is 24.4 Å². The van der Waals surface area contributed by atoms with Crippen molar-refractivity contribution in [2.24, 2.45) is 0 Å². The molecule has 6 rings (SSSR count). The number of fused-ring (bicyclic) bond motifs is 1. The first-order valence-electron chi connectivity index (χ1n) is 13.4. The van der Waals surface area contributed by atoms with Gasteiger partial charge in [0, 0.05) is 37.1 Å². The van der Waals surface area contributed by atoms with Crippen LogP contribution in [0.2, 0.25) is 0 Å². The zero-order chi connectivity index (χ0) is 30.6. The van der Waals surface area contributed by atoms with Gasteiger partial charge in [-0.2, -0.15) is 18.3 Å². The second-order valence-corrected chi connectivity index (χ2v) is 10.5. The van der Waals surface area contributed by atoms with E-state index in [1.807, 2.05) is 0 Å². The molecule has 1 saturated heterocycles. The van der Waals surface area contributed by atoms with Crippen molar-refractivity contribution in [3.8, 4) is 16.9 Å². The second kappa shape index (κ2) is 10.5. The highest BCUT2D eigenvalue weighted by Crippen LogP contribution is 2.38. The number of hydrogen-bond acceptors (Lipinski definition) is 4. The third-order valence-electron chi connectivity index (χ3n) is 7.84. The molecule has 0 N–H and O–H groups in total. The largest absolute Gasteiger partial charge is 0.419 e. The van der Waals surface area contributed by atoms with E-state index < -0.39 is 40.8 Å². The molecule has 0 bridgehead atoms. The number of aryl methyl sites for hydroxylation is 1. The molecule has 7 nitrogen and oxygen atoms in total. The summed E-state index contributed by atoms with van der Waals surface area (Å²) >= 11 is 0. The molecular weight excluding hydrogens is 576 g/mol. The molecule has 0 radical (unpaired) electrons. The fourth-order valence-electron chi connectivity index (χ4n) is 5.67. The van der Waals surface area contributed by atoms with Crippen molar-refractivity contribution < 1.29 is 35.9 Å². The minimum absolute atomic E-state index is 0.0985. The molecule has 1 fully saturated rings. The van der Waals surface area contributed by atoms with E-state index in [1.54, 1.807) is 31.2 Å². The third-order valence-corrected chi connectivity index (χ3v) is 7.84. The highest BCUT2D eigenvalue weighted by molar-refractivity contribution is 6.02. The highest BCUT2D eigenvalue weighted by atomic mass is 19.4. The van der Waals surface area contributed by atoms with Crippen molar-refractivity contribution >= 4 is 17.5 Å². The Balaban J connectivity index is 1.29. The molecule has 4 aromatic rings. The van der Waals surface area contributed by atoms with Gasteiger partial charge in [-0.05, 0) is 61.2 Å². The number of amides is 2. The van der Waals surface area contributed by atoms with Gasteiger partial charge in [-0.25, -0.2) is 17.9 Å². The Labute approximate surface area is 241 Å². The number of halogens is 6. The van der Waals surface area contributed by atoms with Crippen LogP contribution in [0.25, 0.3) is 16.9 Å². The van der Waals surface area contributed by atoms with Gasteiger partial charge in [0.05, 0.1) is 23.4 Å². The number of hydrogen-bond donors (Lipinski definition) is 0. The van der Waals surface area contributed by atoms with Crippen molar-refractivity contribution in [3.63, 3.8) is 0 Å². The second-order valence-electron chi connectivity index (χ2n) is 10.5. The molecule has 2 amide bonds. The molecular formula is C30H23F6N5O2. The number of pyridine rings is 1. The van der Waals surface area contributed by atoms with Crippen LogP contribution in [0.3, 0.4) is 0 Å². The fourth-order valence-corrected chi connectivity index (χ4v) is 5.67. The molecule has 0 saturated carbocycles. The lowest BCUT2D eigenvalue weighted by Crippen LogP contribution is -2.48. The minimum Gasteiger partial charge on any atom is -0.337 e. The number of carbonyl (C=O) groups is 2. The van der Waals surface area contributed by atoms with E-state index in [0.717, 1.165) is 10.7 Å². The van der Waals surface area contributed by atoms with Crippen molar-refractivity contribution in [2.45, 2.75) is 38.4 Å². The molecule has 43 heavy (non-hydrogen) atoms. The predicted octanol–water partition coefficient (Wildman–Crippen LogP) is 5.87. The summed E-state index contributed by atoms with van der Waals surface area (Å²) in [6.45, 7) is 2.03. The van der Waals surface area contributed by atoms with Crippen LogP contribution in [0.1, 0.15) is 40.0 Å². The third kappa shape index (κ3) is 4.92. The maximum absolute atomic E-state index is 15.0. The number of nitrogens with zero attached hydrogens (tertiary/aromatic N) is 5.